The number of ether oxygens (including phenoxy) is 1. The normalized spacial score (nSPS) is 15.1. The number of aryl methyl sites for hydroxylation is 1. The second-order valence-electron chi connectivity index (χ2n) is 7.21. The molecule has 0 atom stereocenters. The molecule has 1 N–H and O–H groups in total. The highest BCUT2D eigenvalue weighted by Crippen LogP contribution is 2.30. The predicted octanol–water partition coefficient (Wildman–Crippen LogP) is 2.07. The summed E-state index contributed by atoms with van der Waals surface area (Å²) in [5.74, 6) is 0.391. The zero-order valence-electron chi connectivity index (χ0n) is 16.4. The van der Waals surface area contributed by atoms with Crippen molar-refractivity contribution in [3.05, 3.63) is 36.7 Å². The van der Waals surface area contributed by atoms with Gasteiger partial charge in [0.25, 0.3) is 0 Å². The van der Waals surface area contributed by atoms with Crippen molar-refractivity contribution in [3.63, 3.8) is 0 Å². The molecule has 1 aliphatic heterocycles. The molecule has 29 heavy (non-hydrogen) atoms. The first-order valence-electron chi connectivity index (χ1n) is 9.77. The number of methoxy groups -OCH3 is 1. The highest BCUT2D eigenvalue weighted by Gasteiger charge is 2.27. The number of carboxylic acids is 1. The molecule has 1 saturated heterocycles. The van der Waals surface area contributed by atoms with Gasteiger partial charge >= 0.3 is 5.97 Å². The first kappa shape index (κ1) is 19.3. The molecule has 3 aromatic heterocycles. The van der Waals surface area contributed by atoms with E-state index >= 15 is 0 Å². The number of rotatable bonds is 7. The Morgan fingerprint density at radius 3 is 2.83 bits per heavy atom. The van der Waals surface area contributed by atoms with Crippen LogP contribution in [0.1, 0.15) is 25.0 Å². The summed E-state index contributed by atoms with van der Waals surface area (Å²) in [6.07, 6.45) is 11.9. The van der Waals surface area contributed by atoms with Crippen molar-refractivity contribution in [2.75, 3.05) is 31.7 Å². The molecule has 0 aliphatic carbocycles. The van der Waals surface area contributed by atoms with Crippen molar-refractivity contribution < 1.29 is 14.6 Å². The molecule has 9 nitrogen and oxygen atoms in total. The third-order valence-corrected chi connectivity index (χ3v) is 5.25. The summed E-state index contributed by atoms with van der Waals surface area (Å²) in [5, 5.41) is 9.30. The van der Waals surface area contributed by atoms with Gasteiger partial charge in [-0.05, 0) is 25.7 Å². The number of piperidine rings is 1. The van der Waals surface area contributed by atoms with Crippen molar-refractivity contribution in [2.45, 2.75) is 25.7 Å². The monoisotopic (exact) mass is 396 g/mol. The molecule has 4 rings (SSSR count). The lowest BCUT2D eigenvalue weighted by atomic mass is 9.97. The third kappa shape index (κ3) is 4.19. The van der Waals surface area contributed by atoms with Crippen LogP contribution in [0.25, 0.3) is 17.0 Å². The number of aromatic nitrogens is 5. The quantitative estimate of drug-likeness (QED) is 0.605. The van der Waals surface area contributed by atoms with E-state index in [1.165, 1.54) is 0 Å². The fraction of sp³-hybridized carbons (Fsp3) is 0.450. The number of fused-ring (bicyclic) bond motifs is 1. The lowest BCUT2D eigenvalue weighted by Gasteiger charge is -2.32. The summed E-state index contributed by atoms with van der Waals surface area (Å²) in [7, 11) is 1.69. The van der Waals surface area contributed by atoms with Crippen LogP contribution in [0, 0.1) is 5.92 Å². The Hall–Kier alpha value is -3.07. The Balaban J connectivity index is 1.67. The van der Waals surface area contributed by atoms with Crippen LogP contribution >= 0.6 is 0 Å². The van der Waals surface area contributed by atoms with Gasteiger partial charge in [0.05, 0.1) is 11.6 Å². The van der Waals surface area contributed by atoms with Crippen molar-refractivity contribution >= 4 is 17.6 Å². The third-order valence-electron chi connectivity index (χ3n) is 5.25. The summed E-state index contributed by atoms with van der Waals surface area (Å²) in [6.45, 7) is 1.95. The average Bonchev–Trinajstić information content (AvgIpc) is 3.22. The topological polar surface area (TPSA) is 106 Å². The molecular formula is C20H24N6O3. The van der Waals surface area contributed by atoms with Gasteiger partial charge in [-0.15, -0.1) is 0 Å². The number of aliphatic carboxylic acids is 1. The summed E-state index contributed by atoms with van der Waals surface area (Å²) >= 11 is 0. The molecule has 0 spiro atoms. The maximum Gasteiger partial charge on any atom is 0.306 e. The summed E-state index contributed by atoms with van der Waals surface area (Å²) in [5.41, 5.74) is 2.50. The van der Waals surface area contributed by atoms with Gasteiger partial charge < -0.3 is 14.7 Å². The van der Waals surface area contributed by atoms with Crippen LogP contribution in [0.5, 0.6) is 0 Å². The molecule has 1 fully saturated rings. The number of nitrogens with zero attached hydrogens (tertiary/aromatic N) is 6. The van der Waals surface area contributed by atoms with Gasteiger partial charge in [0.1, 0.15) is 5.69 Å². The van der Waals surface area contributed by atoms with Gasteiger partial charge in [0.2, 0.25) is 5.78 Å². The molecule has 0 amide bonds. The number of hydrogen-bond acceptors (Lipinski definition) is 7. The lowest BCUT2D eigenvalue weighted by Crippen LogP contribution is -2.37. The standard InChI is InChI=1S/C20H24N6O3/c1-29-10-2-3-16-12-22-17(15-11-23-20-21-6-9-26(20)13-15)18(24-16)25-7-4-14(5-8-25)19(27)28/h6,9,11-14H,2-5,7-8,10H2,1H3,(H,27,28). The van der Waals surface area contributed by atoms with Crippen LogP contribution in [0.2, 0.25) is 0 Å². The largest absolute Gasteiger partial charge is 0.481 e. The maximum absolute atomic E-state index is 11.3. The molecule has 1 aliphatic rings. The molecule has 9 heteroatoms. The lowest BCUT2D eigenvalue weighted by molar-refractivity contribution is -0.142. The van der Waals surface area contributed by atoms with Crippen LogP contribution in [0.15, 0.2) is 31.0 Å². The van der Waals surface area contributed by atoms with E-state index in [1.807, 2.05) is 16.8 Å². The molecule has 3 aromatic rings. The molecule has 4 heterocycles. The van der Waals surface area contributed by atoms with Crippen LogP contribution in [-0.2, 0) is 16.0 Å². The van der Waals surface area contributed by atoms with Gasteiger partial charge in [0.15, 0.2) is 5.82 Å². The number of hydrogen-bond donors (Lipinski definition) is 1. The smallest absolute Gasteiger partial charge is 0.306 e. The Kier molecular flexibility index (Phi) is 5.66. The van der Waals surface area contributed by atoms with E-state index in [-0.39, 0.29) is 5.92 Å². The Morgan fingerprint density at radius 2 is 2.07 bits per heavy atom. The molecule has 0 aromatic carbocycles. The zero-order valence-corrected chi connectivity index (χ0v) is 16.4. The van der Waals surface area contributed by atoms with E-state index in [4.69, 9.17) is 14.7 Å². The van der Waals surface area contributed by atoms with E-state index in [9.17, 15) is 9.90 Å². The number of carboxylic acid groups (broad SMARTS) is 1. The van der Waals surface area contributed by atoms with Crippen molar-refractivity contribution in [1.29, 1.82) is 0 Å². The summed E-state index contributed by atoms with van der Waals surface area (Å²) < 4.78 is 6.99. The predicted molar refractivity (Wildman–Crippen MR) is 107 cm³/mol. The van der Waals surface area contributed by atoms with Crippen molar-refractivity contribution in [3.8, 4) is 11.3 Å². The first-order chi connectivity index (χ1) is 14.2. The van der Waals surface area contributed by atoms with Gasteiger partial charge in [-0.25, -0.2) is 15.0 Å². The minimum Gasteiger partial charge on any atom is -0.481 e. The SMILES string of the molecule is COCCCc1cnc(-c2cnc3nccn3c2)c(N2CCC(C(=O)O)CC2)n1. The van der Waals surface area contributed by atoms with Crippen LogP contribution in [-0.4, -0.2) is 62.2 Å². The molecule has 0 radical (unpaired) electrons. The molecule has 0 unspecified atom stereocenters. The van der Waals surface area contributed by atoms with Gasteiger partial charge in [-0.3, -0.25) is 14.2 Å². The van der Waals surface area contributed by atoms with E-state index in [2.05, 4.69) is 14.9 Å². The van der Waals surface area contributed by atoms with Crippen molar-refractivity contribution in [2.24, 2.45) is 5.92 Å². The van der Waals surface area contributed by atoms with E-state index < -0.39 is 5.97 Å². The average molecular weight is 396 g/mol. The van der Waals surface area contributed by atoms with Gasteiger partial charge in [-0.1, -0.05) is 0 Å². The summed E-state index contributed by atoms with van der Waals surface area (Å²) in [4.78, 5) is 31.6. The highest BCUT2D eigenvalue weighted by molar-refractivity contribution is 5.73. The fourth-order valence-electron chi connectivity index (χ4n) is 3.63. The summed E-state index contributed by atoms with van der Waals surface area (Å²) in [6, 6.07) is 0. The number of carbonyl (C=O) groups is 1. The Bertz CT molecular complexity index is 997. The van der Waals surface area contributed by atoms with Crippen LogP contribution < -0.4 is 4.90 Å². The van der Waals surface area contributed by atoms with Crippen LogP contribution in [0.3, 0.4) is 0 Å². The minimum absolute atomic E-state index is 0.295. The van der Waals surface area contributed by atoms with Gasteiger partial charge in [-0.2, -0.15) is 0 Å². The zero-order chi connectivity index (χ0) is 20.2. The molecule has 0 saturated carbocycles. The van der Waals surface area contributed by atoms with Crippen molar-refractivity contribution in [1.82, 2.24) is 24.3 Å². The fourth-order valence-corrected chi connectivity index (χ4v) is 3.63. The highest BCUT2D eigenvalue weighted by atomic mass is 16.5. The van der Waals surface area contributed by atoms with E-state index in [1.54, 1.807) is 25.7 Å². The van der Waals surface area contributed by atoms with Gasteiger partial charge in [0, 0.05) is 63.4 Å². The molecule has 0 bridgehead atoms. The second-order valence-corrected chi connectivity index (χ2v) is 7.21. The van der Waals surface area contributed by atoms with Crippen LogP contribution in [0.4, 0.5) is 5.82 Å². The number of anilines is 1. The maximum atomic E-state index is 11.3. The van der Waals surface area contributed by atoms with E-state index in [0.29, 0.717) is 38.3 Å². The Morgan fingerprint density at radius 1 is 1.24 bits per heavy atom. The second kappa shape index (κ2) is 8.52. The van der Waals surface area contributed by atoms with E-state index in [0.717, 1.165) is 35.6 Å². The molecule has 152 valence electrons. The molecular weight excluding hydrogens is 372 g/mol. The first-order valence-corrected chi connectivity index (χ1v) is 9.77. The Labute approximate surface area is 168 Å². The number of imidazole rings is 1. The minimum atomic E-state index is -0.723.